The number of nitrogens with zero attached hydrogens (tertiary/aromatic N) is 2. The van der Waals surface area contributed by atoms with Crippen LogP contribution in [0.5, 0.6) is 0 Å². The van der Waals surface area contributed by atoms with Gasteiger partial charge in [0.05, 0.1) is 5.54 Å². The third kappa shape index (κ3) is 2.35. The molecular weight excluding hydrogens is 260 g/mol. The molecule has 3 rings (SSSR count). The highest BCUT2D eigenvalue weighted by atomic mass is 19.1. The number of benzene rings is 1. The first-order valence-corrected chi connectivity index (χ1v) is 6.61. The van der Waals surface area contributed by atoms with Gasteiger partial charge in [-0.1, -0.05) is 0 Å². The Balaban J connectivity index is 1.92. The summed E-state index contributed by atoms with van der Waals surface area (Å²) >= 11 is 0. The quantitative estimate of drug-likeness (QED) is 0.930. The number of rotatable bonds is 3. The molecular formula is C15H15F2N3. The lowest BCUT2D eigenvalue weighted by atomic mass is 9.72. The van der Waals surface area contributed by atoms with Gasteiger partial charge < -0.3 is 5.32 Å². The normalized spacial score (nSPS) is 16.6. The summed E-state index contributed by atoms with van der Waals surface area (Å²) in [6, 6.07) is 3.64. The molecule has 0 amide bonds. The van der Waals surface area contributed by atoms with Gasteiger partial charge in [0.2, 0.25) is 5.95 Å². The van der Waals surface area contributed by atoms with Crippen molar-refractivity contribution in [1.82, 2.24) is 9.97 Å². The lowest BCUT2D eigenvalue weighted by molar-refractivity contribution is 0.280. The van der Waals surface area contributed by atoms with E-state index in [0.29, 0.717) is 11.5 Å². The molecule has 1 aromatic heterocycles. The molecule has 1 fully saturated rings. The molecule has 1 heterocycles. The zero-order valence-electron chi connectivity index (χ0n) is 11.2. The summed E-state index contributed by atoms with van der Waals surface area (Å²) in [5.41, 5.74) is 1.12. The monoisotopic (exact) mass is 275 g/mol. The second-order valence-electron chi connectivity index (χ2n) is 5.30. The first kappa shape index (κ1) is 13.0. The fourth-order valence-electron chi connectivity index (χ4n) is 2.52. The fraction of sp³-hybridized carbons (Fsp3) is 0.333. The minimum atomic E-state index is -0.558. The fourth-order valence-corrected chi connectivity index (χ4v) is 2.52. The highest BCUT2D eigenvalue weighted by Crippen LogP contribution is 2.43. The van der Waals surface area contributed by atoms with Gasteiger partial charge in [0.15, 0.2) is 0 Å². The number of nitrogens with one attached hydrogen (secondary N) is 1. The molecule has 0 radical (unpaired) electrons. The van der Waals surface area contributed by atoms with Gasteiger partial charge in [-0.2, -0.15) is 0 Å². The second kappa shape index (κ2) is 4.81. The zero-order valence-corrected chi connectivity index (χ0v) is 11.2. The van der Waals surface area contributed by atoms with Gasteiger partial charge >= 0.3 is 0 Å². The number of halogens is 2. The van der Waals surface area contributed by atoms with Crippen LogP contribution >= 0.6 is 0 Å². The number of aromatic nitrogens is 2. The minimum absolute atomic E-state index is 0.460. The van der Waals surface area contributed by atoms with Crippen LogP contribution in [0.2, 0.25) is 0 Å². The Kier molecular flexibility index (Phi) is 3.12. The maximum Gasteiger partial charge on any atom is 0.223 e. The van der Waals surface area contributed by atoms with E-state index < -0.39 is 17.2 Å². The number of hydrogen-bond donors (Lipinski definition) is 1. The predicted molar refractivity (Wildman–Crippen MR) is 72.3 cm³/mol. The predicted octanol–water partition coefficient (Wildman–Crippen LogP) is 3.55. The third-order valence-electron chi connectivity index (χ3n) is 3.75. The molecule has 1 saturated carbocycles. The molecule has 104 valence electrons. The second-order valence-corrected chi connectivity index (χ2v) is 5.30. The van der Waals surface area contributed by atoms with Gasteiger partial charge in [0.1, 0.15) is 11.6 Å². The van der Waals surface area contributed by atoms with Crippen molar-refractivity contribution >= 4 is 5.95 Å². The van der Waals surface area contributed by atoms with E-state index in [2.05, 4.69) is 15.3 Å². The summed E-state index contributed by atoms with van der Waals surface area (Å²) in [7, 11) is 0. The van der Waals surface area contributed by atoms with Crippen LogP contribution in [0.4, 0.5) is 14.7 Å². The largest absolute Gasteiger partial charge is 0.345 e. The molecule has 1 aromatic carbocycles. The van der Waals surface area contributed by atoms with Crippen LogP contribution < -0.4 is 5.32 Å². The van der Waals surface area contributed by atoms with Gasteiger partial charge in [-0.05, 0) is 49.4 Å². The Morgan fingerprint density at radius 3 is 2.15 bits per heavy atom. The summed E-state index contributed by atoms with van der Waals surface area (Å²) in [4.78, 5) is 8.41. The molecule has 20 heavy (non-hydrogen) atoms. The average molecular weight is 275 g/mol. The number of hydrogen-bond acceptors (Lipinski definition) is 3. The van der Waals surface area contributed by atoms with Crippen molar-refractivity contribution in [2.24, 2.45) is 0 Å². The van der Waals surface area contributed by atoms with Crippen LogP contribution in [0.1, 0.15) is 30.4 Å². The van der Waals surface area contributed by atoms with Gasteiger partial charge in [0, 0.05) is 18.5 Å². The summed E-state index contributed by atoms with van der Waals surface area (Å²) in [5.74, 6) is -0.629. The summed E-state index contributed by atoms with van der Waals surface area (Å²) < 4.78 is 26.8. The summed E-state index contributed by atoms with van der Waals surface area (Å²) in [6.07, 6.45) is 6.07. The Bertz CT molecular complexity index is 601. The SMILES string of the molecule is Cc1cnc(NC2(c3cc(F)cc(F)c3)CCC2)nc1. The van der Waals surface area contributed by atoms with Crippen LogP contribution in [-0.4, -0.2) is 9.97 Å². The number of aryl methyl sites for hydroxylation is 1. The van der Waals surface area contributed by atoms with Crippen molar-refractivity contribution < 1.29 is 8.78 Å². The molecule has 0 aliphatic heterocycles. The van der Waals surface area contributed by atoms with E-state index in [1.807, 2.05) is 6.92 Å². The molecule has 1 N–H and O–H groups in total. The first-order valence-electron chi connectivity index (χ1n) is 6.61. The van der Waals surface area contributed by atoms with E-state index in [4.69, 9.17) is 0 Å². The van der Waals surface area contributed by atoms with Crippen molar-refractivity contribution in [3.05, 3.63) is 53.4 Å². The van der Waals surface area contributed by atoms with Crippen LogP contribution in [0.15, 0.2) is 30.6 Å². The van der Waals surface area contributed by atoms with E-state index in [-0.39, 0.29) is 0 Å². The lowest BCUT2D eigenvalue weighted by Crippen LogP contribution is -2.42. The van der Waals surface area contributed by atoms with Crippen molar-refractivity contribution in [1.29, 1.82) is 0 Å². The third-order valence-corrected chi connectivity index (χ3v) is 3.75. The molecule has 0 spiro atoms. The van der Waals surface area contributed by atoms with Gasteiger partial charge in [0.25, 0.3) is 0 Å². The van der Waals surface area contributed by atoms with Gasteiger partial charge in [-0.3, -0.25) is 0 Å². The Morgan fingerprint density at radius 2 is 1.65 bits per heavy atom. The molecule has 0 saturated heterocycles. The maximum atomic E-state index is 13.4. The highest BCUT2D eigenvalue weighted by molar-refractivity contribution is 5.39. The molecule has 3 nitrogen and oxygen atoms in total. The van der Waals surface area contributed by atoms with Crippen LogP contribution in [-0.2, 0) is 5.54 Å². The van der Waals surface area contributed by atoms with Crippen molar-refractivity contribution in [3.63, 3.8) is 0 Å². The Labute approximate surface area is 116 Å². The van der Waals surface area contributed by atoms with Crippen LogP contribution in [0.3, 0.4) is 0 Å². The van der Waals surface area contributed by atoms with E-state index >= 15 is 0 Å². The standard InChI is InChI=1S/C15H15F2N3/c1-10-8-18-14(19-9-10)20-15(3-2-4-15)11-5-12(16)7-13(17)6-11/h5-9H,2-4H2,1H3,(H,18,19,20). The lowest BCUT2D eigenvalue weighted by Gasteiger charge is -2.43. The summed E-state index contributed by atoms with van der Waals surface area (Å²) in [5, 5.41) is 3.23. The van der Waals surface area contributed by atoms with E-state index in [1.54, 1.807) is 12.4 Å². The molecule has 5 heteroatoms. The molecule has 0 unspecified atom stereocenters. The average Bonchev–Trinajstić information content (AvgIpc) is 2.35. The van der Waals surface area contributed by atoms with E-state index in [9.17, 15) is 8.78 Å². The maximum absolute atomic E-state index is 13.4. The first-order chi connectivity index (χ1) is 9.57. The minimum Gasteiger partial charge on any atom is -0.345 e. The Hall–Kier alpha value is -2.04. The van der Waals surface area contributed by atoms with Crippen molar-refractivity contribution in [2.75, 3.05) is 5.32 Å². The van der Waals surface area contributed by atoms with Gasteiger partial charge in [-0.15, -0.1) is 0 Å². The Morgan fingerprint density at radius 1 is 1.05 bits per heavy atom. The molecule has 2 aromatic rings. The van der Waals surface area contributed by atoms with Gasteiger partial charge in [-0.25, -0.2) is 18.7 Å². The van der Waals surface area contributed by atoms with Crippen LogP contribution in [0, 0.1) is 18.6 Å². The van der Waals surface area contributed by atoms with Crippen molar-refractivity contribution in [2.45, 2.75) is 31.7 Å². The smallest absolute Gasteiger partial charge is 0.223 e. The highest BCUT2D eigenvalue weighted by Gasteiger charge is 2.39. The topological polar surface area (TPSA) is 37.8 Å². The van der Waals surface area contributed by atoms with E-state index in [1.165, 1.54) is 12.1 Å². The summed E-state index contributed by atoms with van der Waals surface area (Å²) in [6.45, 7) is 1.91. The van der Waals surface area contributed by atoms with Crippen LogP contribution in [0.25, 0.3) is 0 Å². The molecule has 1 aliphatic carbocycles. The molecule has 1 aliphatic rings. The zero-order chi connectivity index (χ0) is 14.2. The number of anilines is 1. The molecule has 0 atom stereocenters. The molecule has 0 bridgehead atoms. The van der Waals surface area contributed by atoms with E-state index in [0.717, 1.165) is 30.9 Å². The van der Waals surface area contributed by atoms with Crippen molar-refractivity contribution in [3.8, 4) is 0 Å².